The highest BCUT2D eigenvalue weighted by Gasteiger charge is 2.23. The van der Waals surface area contributed by atoms with Crippen LogP contribution in [0.25, 0.3) is 0 Å². The Hall–Kier alpha value is -3.18. The van der Waals surface area contributed by atoms with Crippen molar-refractivity contribution in [3.8, 4) is 11.8 Å². The predicted octanol–water partition coefficient (Wildman–Crippen LogP) is 2.99. The van der Waals surface area contributed by atoms with E-state index in [0.29, 0.717) is 17.2 Å². The van der Waals surface area contributed by atoms with Crippen LogP contribution in [0.1, 0.15) is 41.3 Å². The van der Waals surface area contributed by atoms with Gasteiger partial charge < -0.3 is 10.1 Å². The van der Waals surface area contributed by atoms with Gasteiger partial charge in [0.1, 0.15) is 16.8 Å². The third kappa shape index (κ3) is 4.56. The summed E-state index contributed by atoms with van der Waals surface area (Å²) in [6.45, 7) is 2.49. The largest absolute Gasteiger partial charge is 0.494 e. The summed E-state index contributed by atoms with van der Waals surface area (Å²) >= 11 is 1.37. The number of fused-ring (bicyclic) bond motifs is 1. The molecule has 0 bridgehead atoms. The summed E-state index contributed by atoms with van der Waals surface area (Å²) in [6.07, 6.45) is 5.29. The van der Waals surface area contributed by atoms with E-state index in [0.717, 1.165) is 47.4 Å². The Balaban J connectivity index is 1.58. The van der Waals surface area contributed by atoms with Gasteiger partial charge in [0.05, 0.1) is 18.4 Å². The van der Waals surface area contributed by atoms with Crippen molar-refractivity contribution in [1.82, 2.24) is 5.43 Å². The molecular formula is C20H20N4O3S. The maximum atomic E-state index is 12.1. The van der Waals surface area contributed by atoms with Crippen molar-refractivity contribution < 1.29 is 14.3 Å². The molecule has 28 heavy (non-hydrogen) atoms. The average molecular weight is 396 g/mol. The standard InChI is InChI=1S/C20H20N4O3S/c1-2-27-14-9-7-13(8-10-14)12-22-24-19(26)18(25)23-20-16(11-21)15-5-3-4-6-17(15)28-20/h7-10,12H,2-6H2,1H3,(H,23,25)(H,24,26)/b22-12+. The normalized spacial score (nSPS) is 12.9. The molecule has 0 aliphatic heterocycles. The van der Waals surface area contributed by atoms with Crippen LogP contribution in [-0.4, -0.2) is 24.6 Å². The zero-order valence-corrected chi connectivity index (χ0v) is 16.3. The van der Waals surface area contributed by atoms with E-state index in [2.05, 4.69) is 21.9 Å². The second-order valence-corrected chi connectivity index (χ2v) is 7.29. The molecule has 1 aromatic carbocycles. The Morgan fingerprint density at radius 1 is 1.25 bits per heavy atom. The molecule has 7 nitrogen and oxygen atoms in total. The highest BCUT2D eigenvalue weighted by Crippen LogP contribution is 2.37. The number of aryl methyl sites for hydroxylation is 1. The first-order valence-corrected chi connectivity index (χ1v) is 9.86. The number of anilines is 1. The van der Waals surface area contributed by atoms with Crippen molar-refractivity contribution in [3.63, 3.8) is 0 Å². The minimum atomic E-state index is -0.891. The van der Waals surface area contributed by atoms with Crippen LogP contribution in [0.2, 0.25) is 0 Å². The molecule has 0 fully saturated rings. The third-order valence-corrected chi connectivity index (χ3v) is 5.49. The smallest absolute Gasteiger partial charge is 0.329 e. The van der Waals surface area contributed by atoms with Crippen LogP contribution >= 0.6 is 11.3 Å². The van der Waals surface area contributed by atoms with E-state index < -0.39 is 11.8 Å². The molecule has 0 unspecified atom stereocenters. The number of thiophene rings is 1. The molecule has 2 N–H and O–H groups in total. The van der Waals surface area contributed by atoms with Gasteiger partial charge in [-0.05, 0) is 68.0 Å². The third-order valence-electron chi connectivity index (χ3n) is 4.29. The number of hydrogen-bond donors (Lipinski definition) is 2. The van der Waals surface area contributed by atoms with Crippen LogP contribution in [0.3, 0.4) is 0 Å². The lowest BCUT2D eigenvalue weighted by Crippen LogP contribution is -2.32. The summed E-state index contributed by atoms with van der Waals surface area (Å²) in [5.74, 6) is -0.994. The first-order chi connectivity index (χ1) is 13.6. The Kier molecular flexibility index (Phi) is 6.40. The Bertz CT molecular complexity index is 942. The van der Waals surface area contributed by atoms with Crippen molar-refractivity contribution in [1.29, 1.82) is 5.26 Å². The Labute approximate surface area is 167 Å². The number of rotatable bonds is 5. The number of hydrazone groups is 1. The van der Waals surface area contributed by atoms with E-state index in [1.807, 2.05) is 6.92 Å². The number of carbonyl (C=O) groups is 2. The van der Waals surface area contributed by atoms with Crippen LogP contribution in [0, 0.1) is 11.3 Å². The van der Waals surface area contributed by atoms with Crippen molar-refractivity contribution in [2.45, 2.75) is 32.6 Å². The number of amides is 2. The predicted molar refractivity (Wildman–Crippen MR) is 108 cm³/mol. The lowest BCUT2D eigenvalue weighted by molar-refractivity contribution is -0.136. The average Bonchev–Trinajstić information content (AvgIpc) is 3.06. The highest BCUT2D eigenvalue weighted by molar-refractivity contribution is 7.16. The molecule has 0 spiro atoms. The van der Waals surface area contributed by atoms with Crippen molar-refractivity contribution in [3.05, 3.63) is 45.8 Å². The van der Waals surface area contributed by atoms with Gasteiger partial charge in [0, 0.05) is 4.88 Å². The summed E-state index contributed by atoms with van der Waals surface area (Å²) in [6, 6.07) is 9.31. The molecule has 0 atom stereocenters. The molecule has 0 saturated carbocycles. The van der Waals surface area contributed by atoms with E-state index >= 15 is 0 Å². The van der Waals surface area contributed by atoms with Crippen LogP contribution < -0.4 is 15.5 Å². The minimum absolute atomic E-state index is 0.435. The molecule has 1 aliphatic rings. The fraction of sp³-hybridized carbons (Fsp3) is 0.300. The van der Waals surface area contributed by atoms with Gasteiger partial charge in [0.2, 0.25) is 0 Å². The van der Waals surface area contributed by atoms with Gasteiger partial charge in [0.25, 0.3) is 0 Å². The number of nitrogens with one attached hydrogen (secondary N) is 2. The molecule has 2 amide bonds. The van der Waals surface area contributed by atoms with Gasteiger partial charge in [-0.2, -0.15) is 10.4 Å². The Morgan fingerprint density at radius 3 is 2.71 bits per heavy atom. The van der Waals surface area contributed by atoms with Crippen molar-refractivity contribution in [2.75, 3.05) is 11.9 Å². The molecule has 8 heteroatoms. The van der Waals surface area contributed by atoms with Crippen LogP contribution in [0.4, 0.5) is 5.00 Å². The highest BCUT2D eigenvalue weighted by atomic mass is 32.1. The van der Waals surface area contributed by atoms with E-state index in [1.54, 1.807) is 24.3 Å². The number of ether oxygens (including phenoxy) is 1. The summed E-state index contributed by atoms with van der Waals surface area (Å²) in [5.41, 5.74) is 4.42. The van der Waals surface area contributed by atoms with Gasteiger partial charge in [-0.15, -0.1) is 11.3 Å². The van der Waals surface area contributed by atoms with Gasteiger partial charge in [-0.25, -0.2) is 5.43 Å². The lowest BCUT2D eigenvalue weighted by atomic mass is 9.96. The van der Waals surface area contributed by atoms with E-state index in [9.17, 15) is 14.9 Å². The number of hydrogen-bond acceptors (Lipinski definition) is 6. The van der Waals surface area contributed by atoms with Crippen LogP contribution in [0.5, 0.6) is 5.75 Å². The quantitative estimate of drug-likeness (QED) is 0.461. The maximum Gasteiger partial charge on any atom is 0.329 e. The number of nitriles is 1. The first-order valence-electron chi connectivity index (χ1n) is 9.04. The molecule has 3 rings (SSSR count). The van der Waals surface area contributed by atoms with Crippen LogP contribution in [0.15, 0.2) is 29.4 Å². The van der Waals surface area contributed by atoms with E-state index in [-0.39, 0.29) is 0 Å². The van der Waals surface area contributed by atoms with Gasteiger partial charge >= 0.3 is 11.8 Å². The molecule has 0 radical (unpaired) electrons. The molecule has 1 heterocycles. The molecule has 2 aromatic rings. The van der Waals surface area contributed by atoms with Crippen LogP contribution in [-0.2, 0) is 22.4 Å². The zero-order chi connectivity index (χ0) is 19.9. The second kappa shape index (κ2) is 9.15. The summed E-state index contributed by atoms with van der Waals surface area (Å²) in [5, 5.41) is 16.2. The summed E-state index contributed by atoms with van der Waals surface area (Å²) in [4.78, 5) is 25.2. The fourth-order valence-corrected chi connectivity index (χ4v) is 4.20. The summed E-state index contributed by atoms with van der Waals surface area (Å²) < 4.78 is 5.35. The van der Waals surface area contributed by atoms with E-state index in [1.165, 1.54) is 17.6 Å². The van der Waals surface area contributed by atoms with E-state index in [4.69, 9.17) is 4.74 Å². The van der Waals surface area contributed by atoms with Gasteiger partial charge in [-0.3, -0.25) is 9.59 Å². The SMILES string of the molecule is CCOc1ccc(/C=N/NC(=O)C(=O)Nc2sc3c(c2C#N)CCCC3)cc1. The maximum absolute atomic E-state index is 12.1. The monoisotopic (exact) mass is 396 g/mol. The Morgan fingerprint density at radius 2 is 2.00 bits per heavy atom. The first kappa shape index (κ1) is 19.6. The second-order valence-electron chi connectivity index (χ2n) is 6.18. The van der Waals surface area contributed by atoms with Gasteiger partial charge in [-0.1, -0.05) is 0 Å². The zero-order valence-electron chi connectivity index (χ0n) is 15.4. The number of carbonyl (C=O) groups excluding carboxylic acids is 2. The molecule has 144 valence electrons. The summed E-state index contributed by atoms with van der Waals surface area (Å²) in [7, 11) is 0. The molecule has 1 aromatic heterocycles. The fourth-order valence-electron chi connectivity index (χ4n) is 2.97. The van der Waals surface area contributed by atoms with Crippen molar-refractivity contribution in [2.24, 2.45) is 5.10 Å². The molecule has 0 saturated heterocycles. The topological polar surface area (TPSA) is 104 Å². The number of benzene rings is 1. The lowest BCUT2D eigenvalue weighted by Gasteiger charge is -2.09. The van der Waals surface area contributed by atoms with Crippen molar-refractivity contribution >= 4 is 34.4 Å². The number of nitrogens with zero attached hydrogens (tertiary/aromatic N) is 2. The molecular weight excluding hydrogens is 376 g/mol. The van der Waals surface area contributed by atoms with Gasteiger partial charge in [0.15, 0.2) is 0 Å². The minimum Gasteiger partial charge on any atom is -0.494 e. The molecule has 1 aliphatic carbocycles.